The van der Waals surface area contributed by atoms with Crippen LogP contribution < -0.4 is 10.6 Å². The number of carbonyl (C=O) groups excluding carboxylic acids is 1. The van der Waals surface area contributed by atoms with Crippen LogP contribution >= 0.6 is 11.6 Å². The van der Waals surface area contributed by atoms with Gasteiger partial charge < -0.3 is 20.4 Å². The molecule has 0 aliphatic carbocycles. The first-order valence-electron chi connectivity index (χ1n) is 8.69. The summed E-state index contributed by atoms with van der Waals surface area (Å²) in [7, 11) is 0. The molecule has 26 heavy (non-hydrogen) atoms. The molecule has 0 spiro atoms. The van der Waals surface area contributed by atoms with Crippen LogP contribution in [0.4, 0.5) is 0 Å². The number of nitrogens with one attached hydrogen (secondary N) is 3. The number of H-pyrrole nitrogens is 1. The molecule has 1 amide bonds. The third-order valence-electron chi connectivity index (χ3n) is 4.54. The summed E-state index contributed by atoms with van der Waals surface area (Å²) >= 11 is 6.19. The Morgan fingerprint density at radius 1 is 1.23 bits per heavy atom. The number of amides is 1. The quantitative estimate of drug-likeness (QED) is 0.661. The third kappa shape index (κ3) is 3.46. The van der Waals surface area contributed by atoms with Crippen LogP contribution in [0, 0.1) is 0 Å². The lowest BCUT2D eigenvalue weighted by Gasteiger charge is -2.23. The highest BCUT2D eigenvalue weighted by atomic mass is 35.5. The molecule has 5 nitrogen and oxygen atoms in total. The van der Waals surface area contributed by atoms with Crippen LogP contribution in [-0.4, -0.2) is 43.2 Å². The minimum absolute atomic E-state index is 0.00769. The van der Waals surface area contributed by atoms with Crippen LogP contribution in [-0.2, 0) is 4.74 Å². The molecule has 2 aromatic carbocycles. The van der Waals surface area contributed by atoms with Crippen molar-refractivity contribution in [2.75, 3.05) is 26.2 Å². The Labute approximate surface area is 156 Å². The second-order valence-electron chi connectivity index (χ2n) is 6.34. The molecule has 3 N–H and O–H groups in total. The lowest BCUT2D eigenvalue weighted by Crippen LogP contribution is -2.45. The Balaban J connectivity index is 1.68. The van der Waals surface area contributed by atoms with E-state index in [9.17, 15) is 4.79 Å². The number of aromatic nitrogens is 1. The van der Waals surface area contributed by atoms with E-state index in [4.69, 9.17) is 16.3 Å². The summed E-state index contributed by atoms with van der Waals surface area (Å²) in [6, 6.07) is 15.5. The van der Waals surface area contributed by atoms with Crippen molar-refractivity contribution >= 4 is 28.4 Å². The van der Waals surface area contributed by atoms with E-state index in [1.54, 1.807) is 0 Å². The zero-order valence-corrected chi connectivity index (χ0v) is 15.0. The summed E-state index contributed by atoms with van der Waals surface area (Å²) in [5, 5.41) is 7.83. The van der Waals surface area contributed by atoms with Gasteiger partial charge in [-0.3, -0.25) is 4.79 Å². The summed E-state index contributed by atoms with van der Waals surface area (Å²) in [5.41, 5.74) is 3.26. The zero-order chi connectivity index (χ0) is 17.9. The maximum absolute atomic E-state index is 12.9. The fraction of sp³-hybridized carbons (Fsp3) is 0.250. The van der Waals surface area contributed by atoms with Crippen molar-refractivity contribution in [3.63, 3.8) is 0 Å². The first-order valence-corrected chi connectivity index (χ1v) is 9.07. The van der Waals surface area contributed by atoms with Gasteiger partial charge in [-0.1, -0.05) is 41.9 Å². The van der Waals surface area contributed by atoms with Gasteiger partial charge in [0.15, 0.2) is 0 Å². The van der Waals surface area contributed by atoms with Crippen LogP contribution in [0.3, 0.4) is 0 Å². The number of ether oxygens (including phenoxy) is 1. The second-order valence-corrected chi connectivity index (χ2v) is 6.77. The third-order valence-corrected chi connectivity index (χ3v) is 4.78. The lowest BCUT2D eigenvalue weighted by molar-refractivity contribution is 0.0287. The van der Waals surface area contributed by atoms with Gasteiger partial charge in [-0.15, -0.1) is 0 Å². The van der Waals surface area contributed by atoms with Gasteiger partial charge in [0.1, 0.15) is 5.69 Å². The number of fused-ring (bicyclic) bond motifs is 1. The fourth-order valence-corrected chi connectivity index (χ4v) is 3.46. The summed E-state index contributed by atoms with van der Waals surface area (Å²) in [5.74, 6) is -0.148. The molecule has 1 saturated heterocycles. The molecule has 4 rings (SSSR count). The molecule has 134 valence electrons. The van der Waals surface area contributed by atoms with Gasteiger partial charge in [0.25, 0.3) is 5.91 Å². The Morgan fingerprint density at radius 2 is 2.08 bits per heavy atom. The largest absolute Gasteiger partial charge is 0.374 e. The minimum Gasteiger partial charge on any atom is -0.374 e. The highest BCUT2D eigenvalue weighted by Gasteiger charge is 2.21. The zero-order valence-electron chi connectivity index (χ0n) is 14.2. The molecular formula is C20H20ClN3O2. The summed E-state index contributed by atoms with van der Waals surface area (Å²) < 4.78 is 5.65. The van der Waals surface area contributed by atoms with Crippen LogP contribution in [0.1, 0.15) is 10.5 Å². The minimum atomic E-state index is -0.148. The predicted octanol–water partition coefficient (Wildman–Crippen LogP) is 3.21. The van der Waals surface area contributed by atoms with Crippen LogP contribution in [0.15, 0.2) is 48.5 Å². The van der Waals surface area contributed by atoms with Gasteiger partial charge in [0.05, 0.1) is 12.7 Å². The molecule has 6 heteroatoms. The number of rotatable bonds is 4. The molecule has 1 atom stereocenters. The van der Waals surface area contributed by atoms with E-state index in [0.29, 0.717) is 23.9 Å². The number of morpholine rings is 1. The van der Waals surface area contributed by atoms with Crippen molar-refractivity contribution in [2.45, 2.75) is 6.10 Å². The van der Waals surface area contributed by atoms with Gasteiger partial charge in [-0.25, -0.2) is 0 Å². The van der Waals surface area contributed by atoms with Crippen LogP contribution in [0.5, 0.6) is 0 Å². The number of carbonyl (C=O) groups is 1. The SMILES string of the molecule is O=C(NC[C@H]1CNCCO1)c1[nH]c2ccc(Cl)cc2c1-c1ccccc1. The molecule has 0 saturated carbocycles. The second kappa shape index (κ2) is 7.50. The Bertz CT molecular complexity index is 917. The molecule has 3 aromatic rings. The van der Waals surface area contributed by atoms with E-state index in [0.717, 1.165) is 35.1 Å². The maximum Gasteiger partial charge on any atom is 0.268 e. The number of aromatic amines is 1. The average Bonchev–Trinajstić information content (AvgIpc) is 3.06. The van der Waals surface area contributed by atoms with Crippen LogP contribution in [0.25, 0.3) is 22.0 Å². The lowest BCUT2D eigenvalue weighted by atomic mass is 10.0. The smallest absolute Gasteiger partial charge is 0.268 e. The number of hydrogen-bond acceptors (Lipinski definition) is 3. The van der Waals surface area contributed by atoms with Gasteiger partial charge in [-0.05, 0) is 23.8 Å². The van der Waals surface area contributed by atoms with Gasteiger partial charge in [0.2, 0.25) is 0 Å². The standard InChI is InChI=1S/C20H20ClN3O2/c21-14-6-7-17-16(10-14)18(13-4-2-1-3-5-13)19(24-17)20(25)23-12-15-11-22-8-9-26-15/h1-7,10,15,22,24H,8-9,11-12H2,(H,23,25)/t15-/m1/s1. The Morgan fingerprint density at radius 3 is 2.85 bits per heavy atom. The summed E-state index contributed by atoms with van der Waals surface area (Å²) in [6.45, 7) is 2.73. The molecule has 2 heterocycles. The van der Waals surface area contributed by atoms with E-state index in [-0.39, 0.29) is 12.0 Å². The molecule has 0 radical (unpaired) electrons. The van der Waals surface area contributed by atoms with E-state index in [1.165, 1.54) is 0 Å². The molecule has 0 bridgehead atoms. The average molecular weight is 370 g/mol. The van der Waals surface area contributed by atoms with Crippen molar-refractivity contribution in [3.05, 3.63) is 59.2 Å². The summed E-state index contributed by atoms with van der Waals surface area (Å²) in [4.78, 5) is 16.1. The predicted molar refractivity (Wildman–Crippen MR) is 104 cm³/mol. The van der Waals surface area contributed by atoms with Crippen molar-refractivity contribution < 1.29 is 9.53 Å². The highest BCUT2D eigenvalue weighted by Crippen LogP contribution is 2.34. The van der Waals surface area contributed by atoms with Gasteiger partial charge in [-0.2, -0.15) is 0 Å². The summed E-state index contributed by atoms with van der Waals surface area (Å²) in [6.07, 6.45) is -0.00769. The molecule has 1 aliphatic heterocycles. The van der Waals surface area contributed by atoms with Gasteiger partial charge >= 0.3 is 0 Å². The fourth-order valence-electron chi connectivity index (χ4n) is 3.28. The van der Waals surface area contributed by atoms with E-state index < -0.39 is 0 Å². The molecule has 1 fully saturated rings. The Hall–Kier alpha value is -2.34. The normalized spacial score (nSPS) is 17.3. The maximum atomic E-state index is 12.9. The molecular weight excluding hydrogens is 350 g/mol. The number of hydrogen-bond donors (Lipinski definition) is 3. The molecule has 1 aromatic heterocycles. The monoisotopic (exact) mass is 369 g/mol. The van der Waals surface area contributed by atoms with E-state index >= 15 is 0 Å². The first-order chi connectivity index (χ1) is 12.7. The van der Waals surface area contributed by atoms with E-state index in [1.807, 2.05) is 48.5 Å². The van der Waals surface area contributed by atoms with Crippen molar-refractivity contribution in [3.8, 4) is 11.1 Å². The highest BCUT2D eigenvalue weighted by molar-refractivity contribution is 6.31. The van der Waals surface area contributed by atoms with Crippen LogP contribution in [0.2, 0.25) is 5.02 Å². The van der Waals surface area contributed by atoms with Crippen molar-refractivity contribution in [1.82, 2.24) is 15.6 Å². The topological polar surface area (TPSA) is 66.2 Å². The van der Waals surface area contributed by atoms with Gasteiger partial charge in [0, 0.05) is 41.1 Å². The number of benzene rings is 2. The molecule has 0 unspecified atom stereocenters. The Kier molecular flexibility index (Phi) is 4.93. The van der Waals surface area contributed by atoms with Crippen molar-refractivity contribution in [2.24, 2.45) is 0 Å². The van der Waals surface area contributed by atoms with E-state index in [2.05, 4.69) is 15.6 Å². The molecule has 1 aliphatic rings. The first kappa shape index (κ1) is 17.1. The van der Waals surface area contributed by atoms with Crippen molar-refractivity contribution in [1.29, 1.82) is 0 Å². The number of halogens is 1.